The molecule has 0 bridgehead atoms. The topological polar surface area (TPSA) is 21.9 Å². The highest BCUT2D eigenvalue weighted by Gasteiger charge is 2.33. The zero-order valence-corrected chi connectivity index (χ0v) is 23.9. The number of imidazole rings is 1. The van der Waals surface area contributed by atoms with Crippen LogP contribution in [0.3, 0.4) is 0 Å². The van der Waals surface area contributed by atoms with E-state index in [0.29, 0.717) is 5.58 Å². The SMILES string of the molecule is Cc1ccc2c(oc3cc(F)ccc32)c1-c1n(-c2c(-c3ccccc3)cccc2-c2ccccc2)c2ccccc2[n+]1C. The zero-order chi connectivity index (χ0) is 29.1. The molecule has 0 aliphatic rings. The highest BCUT2D eigenvalue weighted by atomic mass is 19.1. The van der Waals surface area contributed by atoms with Crippen LogP contribution >= 0.6 is 0 Å². The first kappa shape index (κ1) is 25.2. The van der Waals surface area contributed by atoms with Gasteiger partial charge >= 0.3 is 0 Å². The highest BCUT2D eigenvalue weighted by Crippen LogP contribution is 2.43. The van der Waals surface area contributed by atoms with E-state index in [1.807, 2.05) is 6.07 Å². The number of aromatic nitrogens is 2. The molecular weight excluding hydrogens is 531 g/mol. The number of hydrogen-bond donors (Lipinski definition) is 0. The van der Waals surface area contributed by atoms with E-state index in [2.05, 4.69) is 138 Å². The van der Waals surface area contributed by atoms with Crippen LogP contribution in [0.2, 0.25) is 0 Å². The Balaban J connectivity index is 1.57. The maximum Gasteiger partial charge on any atom is 0.299 e. The maximum absolute atomic E-state index is 14.3. The van der Waals surface area contributed by atoms with Gasteiger partial charge in [-0.2, -0.15) is 4.57 Å². The third kappa shape index (κ3) is 3.91. The van der Waals surface area contributed by atoms with Crippen LogP contribution in [0.1, 0.15) is 5.56 Å². The van der Waals surface area contributed by atoms with Crippen molar-refractivity contribution >= 4 is 33.0 Å². The second kappa shape index (κ2) is 9.81. The monoisotopic (exact) mass is 559 g/mol. The lowest BCUT2D eigenvalue weighted by atomic mass is 9.95. The number of para-hydroxylation sites is 3. The highest BCUT2D eigenvalue weighted by molar-refractivity contribution is 6.10. The second-order valence-electron chi connectivity index (χ2n) is 11.0. The quantitative estimate of drug-likeness (QED) is 0.197. The molecule has 0 N–H and O–H groups in total. The van der Waals surface area contributed by atoms with Crippen molar-refractivity contribution in [2.24, 2.45) is 7.05 Å². The number of aryl methyl sites for hydroxylation is 2. The van der Waals surface area contributed by atoms with E-state index in [0.717, 1.165) is 72.3 Å². The molecule has 2 heterocycles. The Bertz CT molecular complexity index is 2260. The van der Waals surface area contributed by atoms with Gasteiger partial charge in [0.25, 0.3) is 5.82 Å². The molecule has 6 aromatic carbocycles. The fourth-order valence-electron chi connectivity index (χ4n) is 6.50. The third-order valence-electron chi connectivity index (χ3n) is 8.48. The molecule has 0 saturated heterocycles. The van der Waals surface area contributed by atoms with Crippen molar-refractivity contribution in [1.29, 1.82) is 0 Å². The third-order valence-corrected chi connectivity index (χ3v) is 8.48. The number of nitrogens with zero attached hydrogens (tertiary/aromatic N) is 2. The lowest BCUT2D eigenvalue weighted by molar-refractivity contribution is -0.633. The van der Waals surface area contributed by atoms with Crippen molar-refractivity contribution < 1.29 is 13.4 Å². The largest absolute Gasteiger partial charge is 0.455 e. The minimum atomic E-state index is -0.311. The molecule has 206 valence electrons. The van der Waals surface area contributed by atoms with E-state index >= 15 is 0 Å². The van der Waals surface area contributed by atoms with Gasteiger partial charge in [0.2, 0.25) is 0 Å². The number of hydrogen-bond acceptors (Lipinski definition) is 1. The predicted molar refractivity (Wildman–Crippen MR) is 173 cm³/mol. The number of rotatable bonds is 4. The van der Waals surface area contributed by atoms with Gasteiger partial charge in [0.05, 0.1) is 7.05 Å². The van der Waals surface area contributed by atoms with Gasteiger partial charge in [-0.15, -0.1) is 0 Å². The van der Waals surface area contributed by atoms with Gasteiger partial charge in [-0.1, -0.05) is 103 Å². The van der Waals surface area contributed by atoms with Crippen LogP contribution in [0.15, 0.2) is 138 Å². The molecule has 0 unspecified atom stereocenters. The van der Waals surface area contributed by atoms with E-state index in [1.54, 1.807) is 0 Å². The Morgan fingerprint density at radius 3 is 1.98 bits per heavy atom. The summed E-state index contributed by atoms with van der Waals surface area (Å²) < 4.78 is 25.4. The van der Waals surface area contributed by atoms with Crippen molar-refractivity contribution in [3.63, 3.8) is 0 Å². The fraction of sp³-hybridized carbons (Fsp3) is 0.0513. The minimum Gasteiger partial charge on any atom is -0.455 e. The van der Waals surface area contributed by atoms with Crippen LogP contribution in [0.5, 0.6) is 0 Å². The first-order valence-electron chi connectivity index (χ1n) is 14.5. The van der Waals surface area contributed by atoms with Crippen LogP contribution in [-0.2, 0) is 7.05 Å². The average molecular weight is 560 g/mol. The minimum absolute atomic E-state index is 0.311. The van der Waals surface area contributed by atoms with Gasteiger partial charge in [0.15, 0.2) is 16.6 Å². The summed E-state index contributed by atoms with van der Waals surface area (Å²) in [6.45, 7) is 2.12. The Kier molecular flexibility index (Phi) is 5.76. The molecule has 0 aliphatic heterocycles. The van der Waals surface area contributed by atoms with Crippen LogP contribution in [-0.4, -0.2) is 4.57 Å². The summed E-state index contributed by atoms with van der Waals surface area (Å²) in [6, 6.07) is 45.1. The van der Waals surface area contributed by atoms with Crippen molar-refractivity contribution in [2.75, 3.05) is 0 Å². The number of furan rings is 1. The van der Waals surface area contributed by atoms with Crippen LogP contribution in [0.4, 0.5) is 4.39 Å². The summed E-state index contributed by atoms with van der Waals surface area (Å²) >= 11 is 0. The molecule has 4 heteroatoms. The molecule has 0 saturated carbocycles. The molecule has 0 radical (unpaired) electrons. The van der Waals surface area contributed by atoms with Crippen LogP contribution < -0.4 is 4.57 Å². The summed E-state index contributed by atoms with van der Waals surface area (Å²) in [6.07, 6.45) is 0. The summed E-state index contributed by atoms with van der Waals surface area (Å²) in [5, 5.41) is 1.87. The van der Waals surface area contributed by atoms with Crippen molar-refractivity contribution in [3.8, 4) is 39.3 Å². The average Bonchev–Trinajstić information content (AvgIpc) is 3.55. The summed E-state index contributed by atoms with van der Waals surface area (Å²) in [5.41, 5.74) is 11.1. The molecule has 0 fully saturated rings. The first-order chi connectivity index (χ1) is 21.1. The Labute approximate surface area is 248 Å². The van der Waals surface area contributed by atoms with E-state index < -0.39 is 0 Å². The van der Waals surface area contributed by atoms with Crippen molar-refractivity contribution in [3.05, 3.63) is 145 Å². The Morgan fingerprint density at radius 1 is 0.651 bits per heavy atom. The van der Waals surface area contributed by atoms with E-state index in [-0.39, 0.29) is 5.82 Å². The molecule has 43 heavy (non-hydrogen) atoms. The maximum atomic E-state index is 14.3. The van der Waals surface area contributed by atoms with Gasteiger partial charge in [-0.3, -0.25) is 0 Å². The lowest BCUT2D eigenvalue weighted by Crippen LogP contribution is -2.30. The lowest BCUT2D eigenvalue weighted by Gasteiger charge is -2.15. The summed E-state index contributed by atoms with van der Waals surface area (Å²) in [5.74, 6) is 0.679. The molecule has 8 rings (SSSR count). The normalized spacial score (nSPS) is 11.6. The predicted octanol–water partition coefficient (Wildman–Crippen LogP) is 9.80. The Morgan fingerprint density at radius 2 is 1.28 bits per heavy atom. The first-order valence-corrected chi connectivity index (χ1v) is 14.5. The van der Waals surface area contributed by atoms with Crippen molar-refractivity contribution in [2.45, 2.75) is 6.92 Å². The standard InChI is InChI=1S/C39H28FN2O/c1-25-20-22-32-31-23-21-28(40)24-35(31)43-38(32)36(25)39-41(2)33-18-9-10-19-34(33)42(39)37-29(26-12-5-3-6-13-26)16-11-17-30(37)27-14-7-4-8-15-27/h3-24H,1-2H3/q+1. The van der Waals surface area contributed by atoms with Gasteiger partial charge in [0, 0.05) is 28.0 Å². The van der Waals surface area contributed by atoms with Gasteiger partial charge in [-0.05, 0) is 47.9 Å². The molecule has 0 aliphatic carbocycles. The molecule has 0 atom stereocenters. The number of fused-ring (bicyclic) bond motifs is 4. The Hall–Kier alpha value is -5.48. The van der Waals surface area contributed by atoms with E-state index in [9.17, 15) is 4.39 Å². The molecule has 0 spiro atoms. The number of halogens is 1. The molecular formula is C39H28FN2O+. The van der Waals surface area contributed by atoms with Gasteiger partial charge in [-0.25, -0.2) is 8.96 Å². The van der Waals surface area contributed by atoms with Crippen LogP contribution in [0.25, 0.3) is 72.3 Å². The number of benzene rings is 6. The van der Waals surface area contributed by atoms with Gasteiger partial charge < -0.3 is 4.42 Å². The second-order valence-corrected chi connectivity index (χ2v) is 11.0. The van der Waals surface area contributed by atoms with E-state index in [1.165, 1.54) is 12.1 Å². The summed E-state index contributed by atoms with van der Waals surface area (Å²) in [7, 11) is 2.11. The molecule has 8 aromatic rings. The molecule has 3 nitrogen and oxygen atoms in total. The fourth-order valence-corrected chi connectivity index (χ4v) is 6.50. The van der Waals surface area contributed by atoms with Gasteiger partial charge in [0.1, 0.15) is 22.7 Å². The molecule has 0 amide bonds. The van der Waals surface area contributed by atoms with E-state index in [4.69, 9.17) is 4.42 Å². The zero-order valence-electron chi connectivity index (χ0n) is 23.9. The smallest absolute Gasteiger partial charge is 0.299 e. The van der Waals surface area contributed by atoms with Crippen LogP contribution in [0, 0.1) is 12.7 Å². The molecule has 2 aromatic heterocycles. The van der Waals surface area contributed by atoms with Crippen molar-refractivity contribution in [1.82, 2.24) is 4.57 Å². The summed E-state index contributed by atoms with van der Waals surface area (Å²) in [4.78, 5) is 0.